The van der Waals surface area contributed by atoms with E-state index in [1.54, 1.807) is 22.6 Å². The summed E-state index contributed by atoms with van der Waals surface area (Å²) in [7, 11) is 0. The smallest absolute Gasteiger partial charge is 0.326 e. The maximum Gasteiger partial charge on any atom is 0.326 e. The van der Waals surface area contributed by atoms with Crippen LogP contribution in [-0.4, -0.2) is 50.2 Å². The average molecular weight is 370 g/mol. The fourth-order valence-electron chi connectivity index (χ4n) is 1.82. The molecule has 2 rings (SSSR count). The Morgan fingerprint density at radius 2 is 1.89 bits per heavy atom. The normalized spacial score (nSPS) is 31.8. The predicted molar refractivity (Wildman–Crippen MR) is 67.1 cm³/mol. The molecule has 1 saturated heterocycles. The van der Waals surface area contributed by atoms with Crippen molar-refractivity contribution in [3.05, 3.63) is 30.1 Å². The summed E-state index contributed by atoms with van der Waals surface area (Å²) in [5.74, 6) is 0. The Hall–Kier alpha value is -0.750. The predicted octanol–water partition coefficient (Wildman–Crippen LogP) is -2.18. The molecule has 0 spiro atoms. The number of rotatable bonds is 2. The summed E-state index contributed by atoms with van der Waals surface area (Å²) < 4.78 is 5.39. The molecule has 1 aromatic heterocycles. The largest absolute Gasteiger partial charge is 0.394 e. The summed E-state index contributed by atoms with van der Waals surface area (Å²) in [6.45, 7) is -0.473. The van der Waals surface area contributed by atoms with Crippen molar-refractivity contribution in [2.45, 2.75) is 24.4 Å². The van der Waals surface area contributed by atoms with Gasteiger partial charge in [0.1, 0.15) is 28.0 Å². The van der Waals surface area contributed by atoms with Crippen LogP contribution in [0.4, 0.5) is 0 Å². The minimum Gasteiger partial charge on any atom is -0.394 e. The van der Waals surface area contributed by atoms with Crippen molar-refractivity contribution in [2.75, 3.05) is 6.61 Å². The molecular formula is C9H11IN2O6. The van der Waals surface area contributed by atoms with Crippen LogP contribution in [-0.2, 0) is 4.74 Å². The van der Waals surface area contributed by atoms with Crippen LogP contribution in [0.15, 0.2) is 9.59 Å². The van der Waals surface area contributed by atoms with Crippen molar-refractivity contribution in [2.24, 2.45) is 0 Å². The first-order valence-corrected chi connectivity index (χ1v) is 6.18. The number of hydrogen-bond acceptors (Lipinski definition) is 6. The molecule has 0 saturated carbocycles. The van der Waals surface area contributed by atoms with Gasteiger partial charge in [0.2, 0.25) is 0 Å². The van der Waals surface area contributed by atoms with E-state index in [0.717, 1.165) is 0 Å². The van der Waals surface area contributed by atoms with Gasteiger partial charge in [0.05, 0.1) is 12.3 Å². The van der Waals surface area contributed by atoms with Gasteiger partial charge < -0.3 is 25.0 Å². The molecule has 2 heterocycles. The van der Waals surface area contributed by atoms with Gasteiger partial charge in [0.25, 0.3) is 5.56 Å². The number of halogens is 1. The van der Waals surface area contributed by atoms with E-state index in [1.807, 2.05) is 4.98 Å². The second-order valence-corrected chi connectivity index (χ2v) is 4.97. The molecule has 5 N–H and O–H groups in total. The zero-order chi connectivity index (χ0) is 13.4. The molecule has 0 bridgehead atoms. The zero-order valence-corrected chi connectivity index (χ0v) is 11.1. The lowest BCUT2D eigenvalue weighted by atomic mass is 10.1. The van der Waals surface area contributed by atoms with Crippen molar-refractivity contribution in [3.8, 4) is 0 Å². The van der Waals surface area contributed by atoms with E-state index < -0.39 is 42.3 Å². The standard InChI is InChI=1S/C9H11IN2O6/c10-3-4(11-9(17)12-8(3)16)7-6(15)5(14)2(1-13)18-7/h2,5-7,13-15H,1H2,(H2,11,12,16,17)/t2-,5-,6+,7?/m1/s1. The van der Waals surface area contributed by atoms with Gasteiger partial charge in [-0.3, -0.25) is 9.78 Å². The highest BCUT2D eigenvalue weighted by Crippen LogP contribution is 2.33. The first-order chi connectivity index (χ1) is 8.45. The second kappa shape index (κ2) is 5.09. The van der Waals surface area contributed by atoms with Crippen LogP contribution in [0.5, 0.6) is 0 Å². The molecule has 0 radical (unpaired) electrons. The topological polar surface area (TPSA) is 136 Å². The van der Waals surface area contributed by atoms with E-state index in [0.29, 0.717) is 0 Å². The monoisotopic (exact) mass is 370 g/mol. The molecule has 4 atom stereocenters. The van der Waals surface area contributed by atoms with Gasteiger partial charge in [-0.2, -0.15) is 0 Å². The average Bonchev–Trinajstić information content (AvgIpc) is 2.61. The van der Waals surface area contributed by atoms with Crippen molar-refractivity contribution in [3.63, 3.8) is 0 Å². The number of aliphatic hydroxyl groups excluding tert-OH is 3. The fourth-order valence-corrected chi connectivity index (χ4v) is 2.40. The van der Waals surface area contributed by atoms with Crippen LogP contribution >= 0.6 is 22.6 Å². The SMILES string of the molecule is O=c1[nH]c(C2O[C@H](CO)[C@@H](O)[C@@H]2O)c(I)c(=O)[nH]1. The molecule has 0 amide bonds. The van der Waals surface area contributed by atoms with Gasteiger partial charge >= 0.3 is 5.69 Å². The quantitative estimate of drug-likeness (QED) is 0.376. The molecule has 1 aliphatic heterocycles. The lowest BCUT2D eigenvalue weighted by molar-refractivity contribution is -0.0243. The Labute approximate surface area is 114 Å². The second-order valence-electron chi connectivity index (χ2n) is 3.89. The number of nitrogens with one attached hydrogen (secondary N) is 2. The Bertz CT molecular complexity index is 555. The first kappa shape index (κ1) is 13.7. The Morgan fingerprint density at radius 1 is 1.22 bits per heavy atom. The van der Waals surface area contributed by atoms with E-state index in [9.17, 15) is 19.8 Å². The van der Waals surface area contributed by atoms with Gasteiger partial charge in [-0.25, -0.2) is 4.79 Å². The number of hydrogen-bond donors (Lipinski definition) is 5. The minimum absolute atomic E-state index is 0.0897. The third-order valence-corrected chi connectivity index (χ3v) is 3.81. The molecule has 0 aliphatic carbocycles. The van der Waals surface area contributed by atoms with Gasteiger partial charge in [-0.1, -0.05) is 0 Å². The van der Waals surface area contributed by atoms with Crippen LogP contribution in [0.25, 0.3) is 0 Å². The van der Waals surface area contributed by atoms with Gasteiger partial charge in [0.15, 0.2) is 0 Å². The van der Waals surface area contributed by atoms with Crippen LogP contribution in [0, 0.1) is 3.57 Å². The highest BCUT2D eigenvalue weighted by Gasteiger charge is 2.44. The molecule has 8 nitrogen and oxygen atoms in total. The van der Waals surface area contributed by atoms with Gasteiger partial charge in [-0.15, -0.1) is 0 Å². The number of ether oxygens (including phenoxy) is 1. The Kier molecular flexibility index (Phi) is 3.87. The number of H-pyrrole nitrogens is 2. The van der Waals surface area contributed by atoms with Crippen LogP contribution in [0.2, 0.25) is 0 Å². The maximum atomic E-state index is 11.4. The van der Waals surface area contributed by atoms with E-state index in [2.05, 4.69) is 4.98 Å². The molecule has 0 aromatic carbocycles. The van der Waals surface area contributed by atoms with Crippen LogP contribution in [0.3, 0.4) is 0 Å². The van der Waals surface area contributed by atoms with Crippen LogP contribution in [0.1, 0.15) is 11.8 Å². The molecular weight excluding hydrogens is 359 g/mol. The van der Waals surface area contributed by atoms with E-state index >= 15 is 0 Å². The molecule has 18 heavy (non-hydrogen) atoms. The summed E-state index contributed by atoms with van der Waals surface area (Å²) in [6.07, 6.45) is -4.62. The third-order valence-electron chi connectivity index (χ3n) is 2.74. The van der Waals surface area contributed by atoms with Crippen molar-refractivity contribution >= 4 is 22.6 Å². The minimum atomic E-state index is -1.33. The van der Waals surface area contributed by atoms with Crippen molar-refractivity contribution in [1.82, 2.24) is 9.97 Å². The molecule has 1 fully saturated rings. The Morgan fingerprint density at radius 3 is 2.44 bits per heavy atom. The van der Waals surface area contributed by atoms with E-state index in [-0.39, 0.29) is 9.26 Å². The maximum absolute atomic E-state index is 11.4. The van der Waals surface area contributed by atoms with Crippen LogP contribution < -0.4 is 11.2 Å². The molecule has 9 heteroatoms. The van der Waals surface area contributed by atoms with Crippen molar-refractivity contribution < 1.29 is 20.1 Å². The first-order valence-electron chi connectivity index (χ1n) is 5.10. The van der Waals surface area contributed by atoms with Gasteiger partial charge in [0, 0.05) is 0 Å². The number of aliphatic hydroxyl groups is 3. The summed E-state index contributed by atoms with van der Waals surface area (Å²) in [4.78, 5) is 27.0. The highest BCUT2D eigenvalue weighted by molar-refractivity contribution is 14.1. The third kappa shape index (κ3) is 2.23. The van der Waals surface area contributed by atoms with E-state index in [1.165, 1.54) is 0 Å². The van der Waals surface area contributed by atoms with E-state index in [4.69, 9.17) is 9.84 Å². The molecule has 1 unspecified atom stereocenters. The zero-order valence-electron chi connectivity index (χ0n) is 8.96. The van der Waals surface area contributed by atoms with Crippen molar-refractivity contribution in [1.29, 1.82) is 0 Å². The summed E-state index contributed by atoms with van der Waals surface area (Å²) in [5, 5.41) is 28.4. The summed E-state index contributed by atoms with van der Waals surface area (Å²) >= 11 is 1.70. The lowest BCUT2D eigenvalue weighted by Crippen LogP contribution is -2.34. The Balaban J connectivity index is 2.45. The summed E-state index contributed by atoms with van der Waals surface area (Å²) in [6, 6.07) is 0. The molecule has 1 aromatic rings. The highest BCUT2D eigenvalue weighted by atomic mass is 127. The number of aromatic amines is 2. The van der Waals surface area contributed by atoms with Gasteiger partial charge in [-0.05, 0) is 22.6 Å². The fraction of sp³-hybridized carbons (Fsp3) is 0.556. The molecule has 1 aliphatic rings. The number of aromatic nitrogens is 2. The molecule has 100 valence electrons. The lowest BCUT2D eigenvalue weighted by Gasteiger charge is -2.15. The summed E-state index contributed by atoms with van der Waals surface area (Å²) in [5.41, 5.74) is -1.24.